The van der Waals surface area contributed by atoms with E-state index in [1.165, 1.54) is 0 Å². The number of rotatable bonds is 4. The van der Waals surface area contributed by atoms with Crippen LogP contribution in [0, 0.1) is 18.3 Å². The van der Waals surface area contributed by atoms with Crippen LogP contribution in [0.15, 0.2) is 0 Å². The molecular formula is C11H17NO2. The number of terminal acetylenes is 1. The van der Waals surface area contributed by atoms with Crippen LogP contribution in [0.1, 0.15) is 32.1 Å². The highest BCUT2D eigenvalue weighted by atomic mass is 16.3. The zero-order chi connectivity index (χ0) is 10.4. The van der Waals surface area contributed by atoms with Crippen LogP contribution in [0.25, 0.3) is 0 Å². The monoisotopic (exact) mass is 195 g/mol. The summed E-state index contributed by atoms with van der Waals surface area (Å²) in [5.41, 5.74) is 0. The van der Waals surface area contributed by atoms with Crippen molar-refractivity contribution in [3.05, 3.63) is 0 Å². The second-order valence-electron chi connectivity index (χ2n) is 3.75. The summed E-state index contributed by atoms with van der Waals surface area (Å²) >= 11 is 0. The third kappa shape index (κ3) is 3.04. The van der Waals surface area contributed by atoms with Crippen LogP contribution in [0.3, 0.4) is 0 Å². The van der Waals surface area contributed by atoms with Crippen molar-refractivity contribution in [3.63, 3.8) is 0 Å². The summed E-state index contributed by atoms with van der Waals surface area (Å²) < 4.78 is 0. The van der Waals surface area contributed by atoms with Gasteiger partial charge in [0.05, 0.1) is 0 Å². The molecule has 0 bridgehead atoms. The number of carbonyl (C=O) groups excluding carboxylic acids is 1. The number of hydrogen-bond donors (Lipinski definition) is 2. The zero-order valence-corrected chi connectivity index (χ0v) is 8.33. The van der Waals surface area contributed by atoms with Crippen molar-refractivity contribution in [3.8, 4) is 12.3 Å². The van der Waals surface area contributed by atoms with Crippen LogP contribution in [-0.2, 0) is 4.79 Å². The Morgan fingerprint density at radius 2 is 2.36 bits per heavy atom. The Labute approximate surface area is 84.9 Å². The predicted octanol–water partition coefficient (Wildman–Crippen LogP) is 0.677. The molecule has 3 heteroatoms. The molecule has 1 fully saturated rings. The van der Waals surface area contributed by atoms with E-state index in [0.717, 1.165) is 19.3 Å². The Hall–Kier alpha value is -1.01. The minimum atomic E-state index is 0.00769. The first-order valence-corrected chi connectivity index (χ1v) is 5.11. The molecule has 0 aromatic heterocycles. The van der Waals surface area contributed by atoms with Crippen LogP contribution >= 0.6 is 0 Å². The molecule has 0 radical (unpaired) electrons. The fraction of sp³-hybridized carbons (Fsp3) is 0.727. The number of aliphatic hydroxyl groups is 1. The molecule has 0 aromatic carbocycles. The van der Waals surface area contributed by atoms with E-state index in [1.54, 1.807) is 0 Å². The van der Waals surface area contributed by atoms with Gasteiger partial charge in [-0.05, 0) is 12.8 Å². The molecule has 1 aliphatic carbocycles. The topological polar surface area (TPSA) is 49.3 Å². The summed E-state index contributed by atoms with van der Waals surface area (Å²) in [6.45, 7) is 0.167. The molecule has 1 amide bonds. The van der Waals surface area contributed by atoms with Gasteiger partial charge in [-0.3, -0.25) is 4.79 Å². The molecule has 1 rings (SSSR count). The second-order valence-corrected chi connectivity index (χ2v) is 3.75. The van der Waals surface area contributed by atoms with Crippen molar-refractivity contribution in [1.29, 1.82) is 0 Å². The highest BCUT2D eigenvalue weighted by Crippen LogP contribution is 2.24. The van der Waals surface area contributed by atoms with Crippen LogP contribution in [-0.4, -0.2) is 23.7 Å². The quantitative estimate of drug-likeness (QED) is 0.648. The van der Waals surface area contributed by atoms with Crippen molar-refractivity contribution >= 4 is 5.91 Å². The van der Waals surface area contributed by atoms with E-state index in [2.05, 4.69) is 11.2 Å². The van der Waals surface area contributed by atoms with Gasteiger partial charge < -0.3 is 10.4 Å². The number of hydrogen-bond acceptors (Lipinski definition) is 2. The number of aliphatic hydroxyl groups excluding tert-OH is 1. The van der Waals surface area contributed by atoms with Gasteiger partial charge in [-0.1, -0.05) is 6.42 Å². The van der Waals surface area contributed by atoms with Gasteiger partial charge >= 0.3 is 0 Å². The standard InChI is InChI=1S/C11H17NO2/c1-2-3-7-11(14)12-10-6-4-5-9(10)8-13/h1,9-10,13H,3-8H2,(H,12,14). The van der Waals surface area contributed by atoms with Gasteiger partial charge in [-0.25, -0.2) is 0 Å². The molecule has 78 valence electrons. The molecule has 0 saturated heterocycles. The summed E-state index contributed by atoms with van der Waals surface area (Å²) in [5.74, 6) is 2.69. The van der Waals surface area contributed by atoms with Gasteiger partial charge in [-0.15, -0.1) is 12.3 Å². The molecular weight excluding hydrogens is 178 g/mol. The Balaban J connectivity index is 2.29. The third-order valence-electron chi connectivity index (χ3n) is 2.74. The number of amides is 1. The van der Waals surface area contributed by atoms with E-state index in [1.807, 2.05) is 0 Å². The first kappa shape index (κ1) is 11.1. The van der Waals surface area contributed by atoms with Gasteiger partial charge in [-0.2, -0.15) is 0 Å². The predicted molar refractivity (Wildman–Crippen MR) is 54.4 cm³/mol. The zero-order valence-electron chi connectivity index (χ0n) is 8.33. The smallest absolute Gasteiger partial charge is 0.221 e. The van der Waals surface area contributed by atoms with Crippen molar-refractivity contribution in [2.24, 2.45) is 5.92 Å². The van der Waals surface area contributed by atoms with Crippen LogP contribution < -0.4 is 5.32 Å². The Morgan fingerprint density at radius 3 is 3.00 bits per heavy atom. The molecule has 14 heavy (non-hydrogen) atoms. The Morgan fingerprint density at radius 1 is 1.57 bits per heavy atom. The average molecular weight is 195 g/mol. The van der Waals surface area contributed by atoms with E-state index < -0.39 is 0 Å². The fourth-order valence-corrected chi connectivity index (χ4v) is 1.91. The first-order valence-electron chi connectivity index (χ1n) is 5.11. The SMILES string of the molecule is C#CCCC(=O)NC1CCCC1CO. The molecule has 0 aromatic rings. The molecule has 0 spiro atoms. The molecule has 0 aliphatic heterocycles. The molecule has 2 atom stereocenters. The first-order chi connectivity index (χ1) is 6.77. The van der Waals surface area contributed by atoms with E-state index in [0.29, 0.717) is 12.8 Å². The van der Waals surface area contributed by atoms with Gasteiger partial charge in [0.15, 0.2) is 0 Å². The number of carbonyl (C=O) groups is 1. The average Bonchev–Trinajstić information content (AvgIpc) is 2.62. The third-order valence-corrected chi connectivity index (χ3v) is 2.74. The van der Waals surface area contributed by atoms with Gasteiger partial charge in [0.1, 0.15) is 0 Å². The maximum atomic E-state index is 11.3. The van der Waals surface area contributed by atoms with E-state index >= 15 is 0 Å². The highest BCUT2D eigenvalue weighted by molar-refractivity contribution is 5.76. The minimum absolute atomic E-state index is 0.00769. The molecule has 3 nitrogen and oxygen atoms in total. The summed E-state index contributed by atoms with van der Waals surface area (Å²) in [7, 11) is 0. The Kier molecular flexibility index (Phi) is 4.48. The van der Waals surface area contributed by atoms with Crippen molar-refractivity contribution in [1.82, 2.24) is 5.32 Å². The van der Waals surface area contributed by atoms with Gasteiger partial charge in [0, 0.05) is 31.4 Å². The van der Waals surface area contributed by atoms with E-state index in [4.69, 9.17) is 11.5 Å². The minimum Gasteiger partial charge on any atom is -0.396 e. The van der Waals surface area contributed by atoms with E-state index in [9.17, 15) is 4.79 Å². The number of nitrogens with one attached hydrogen (secondary N) is 1. The normalized spacial score (nSPS) is 25.7. The summed E-state index contributed by atoms with van der Waals surface area (Å²) in [4.78, 5) is 11.3. The maximum absolute atomic E-state index is 11.3. The van der Waals surface area contributed by atoms with Gasteiger partial charge in [0.25, 0.3) is 0 Å². The van der Waals surface area contributed by atoms with Crippen LogP contribution in [0.2, 0.25) is 0 Å². The molecule has 2 unspecified atom stereocenters. The fourth-order valence-electron chi connectivity index (χ4n) is 1.91. The highest BCUT2D eigenvalue weighted by Gasteiger charge is 2.27. The maximum Gasteiger partial charge on any atom is 0.221 e. The Bertz CT molecular complexity index is 232. The molecule has 2 N–H and O–H groups in total. The van der Waals surface area contributed by atoms with Crippen molar-refractivity contribution in [2.45, 2.75) is 38.1 Å². The van der Waals surface area contributed by atoms with Crippen LogP contribution in [0.4, 0.5) is 0 Å². The van der Waals surface area contributed by atoms with Crippen molar-refractivity contribution in [2.75, 3.05) is 6.61 Å². The lowest BCUT2D eigenvalue weighted by atomic mass is 10.0. The lowest BCUT2D eigenvalue weighted by Crippen LogP contribution is -2.38. The molecule has 1 aliphatic rings. The molecule has 1 saturated carbocycles. The van der Waals surface area contributed by atoms with Gasteiger partial charge in [0.2, 0.25) is 5.91 Å². The molecule has 0 heterocycles. The van der Waals surface area contributed by atoms with Crippen LogP contribution in [0.5, 0.6) is 0 Å². The van der Waals surface area contributed by atoms with Crippen molar-refractivity contribution < 1.29 is 9.90 Å². The van der Waals surface area contributed by atoms with E-state index in [-0.39, 0.29) is 24.5 Å². The summed E-state index contributed by atoms with van der Waals surface area (Å²) in [5, 5.41) is 12.0. The largest absolute Gasteiger partial charge is 0.396 e. The summed E-state index contributed by atoms with van der Waals surface area (Å²) in [6, 6.07) is 0.158. The lowest BCUT2D eigenvalue weighted by molar-refractivity contribution is -0.122. The summed E-state index contributed by atoms with van der Waals surface area (Å²) in [6.07, 6.45) is 9.03. The second kappa shape index (κ2) is 5.66. The lowest BCUT2D eigenvalue weighted by Gasteiger charge is -2.18.